The summed E-state index contributed by atoms with van der Waals surface area (Å²) < 4.78 is 5.88. The molecule has 4 nitrogen and oxygen atoms in total. The van der Waals surface area contributed by atoms with Gasteiger partial charge in [0.05, 0.1) is 10.9 Å². The van der Waals surface area contributed by atoms with Crippen LogP contribution in [0.2, 0.25) is 0 Å². The van der Waals surface area contributed by atoms with E-state index in [0.717, 1.165) is 23.1 Å². The van der Waals surface area contributed by atoms with Crippen LogP contribution in [0.25, 0.3) is 10.9 Å². The first kappa shape index (κ1) is 12.4. The Labute approximate surface area is 117 Å². The van der Waals surface area contributed by atoms with E-state index >= 15 is 0 Å². The summed E-state index contributed by atoms with van der Waals surface area (Å²) in [7, 11) is 0. The third-order valence-corrected chi connectivity index (χ3v) is 3.14. The number of nitrogens with two attached hydrogens (primary N) is 1. The molecule has 1 aromatic heterocycles. The summed E-state index contributed by atoms with van der Waals surface area (Å²) in [6, 6.07) is 13.5. The molecule has 0 aliphatic carbocycles. The molecule has 100 valence electrons. The highest BCUT2D eigenvalue weighted by molar-refractivity contribution is 5.86. The predicted octanol–water partition coefficient (Wildman–Crippen LogP) is 3.57. The van der Waals surface area contributed by atoms with Crippen molar-refractivity contribution in [2.75, 3.05) is 5.73 Å². The highest BCUT2D eigenvalue weighted by atomic mass is 16.5. The van der Waals surface area contributed by atoms with Gasteiger partial charge >= 0.3 is 0 Å². The smallest absolute Gasteiger partial charge is 0.230 e. The number of rotatable bonds is 3. The lowest BCUT2D eigenvalue weighted by Crippen LogP contribution is -1.93. The second-order valence-corrected chi connectivity index (χ2v) is 4.56. The number of aryl methyl sites for hydroxylation is 1. The number of anilines is 1. The van der Waals surface area contributed by atoms with E-state index in [1.807, 2.05) is 36.4 Å². The van der Waals surface area contributed by atoms with Gasteiger partial charge in [-0.3, -0.25) is 0 Å². The van der Waals surface area contributed by atoms with Crippen LogP contribution in [0.1, 0.15) is 12.5 Å². The van der Waals surface area contributed by atoms with Gasteiger partial charge in [0.2, 0.25) is 5.88 Å². The molecule has 0 saturated carbocycles. The van der Waals surface area contributed by atoms with Gasteiger partial charge in [-0.25, -0.2) is 9.97 Å². The molecule has 4 heteroatoms. The molecule has 0 amide bonds. The second kappa shape index (κ2) is 5.17. The number of hydrogen-bond donors (Lipinski definition) is 1. The first-order chi connectivity index (χ1) is 9.76. The minimum Gasteiger partial charge on any atom is -0.438 e. The number of benzene rings is 2. The molecule has 0 aliphatic rings. The van der Waals surface area contributed by atoms with Crippen LogP contribution in [0.5, 0.6) is 11.6 Å². The van der Waals surface area contributed by atoms with E-state index in [1.54, 1.807) is 0 Å². The Balaban J connectivity index is 2.03. The third kappa shape index (κ3) is 2.40. The average Bonchev–Trinajstić information content (AvgIpc) is 2.48. The fourth-order valence-electron chi connectivity index (χ4n) is 2.07. The van der Waals surface area contributed by atoms with Gasteiger partial charge in [0.1, 0.15) is 12.1 Å². The molecule has 1 heterocycles. The molecule has 0 bridgehead atoms. The summed E-state index contributed by atoms with van der Waals surface area (Å²) >= 11 is 0. The quantitative estimate of drug-likeness (QED) is 0.735. The highest BCUT2D eigenvalue weighted by Gasteiger charge is 2.07. The van der Waals surface area contributed by atoms with Crippen LogP contribution >= 0.6 is 0 Å². The van der Waals surface area contributed by atoms with E-state index in [0.29, 0.717) is 11.6 Å². The maximum absolute atomic E-state index is 5.88. The van der Waals surface area contributed by atoms with Crippen molar-refractivity contribution in [3.8, 4) is 11.6 Å². The number of nitrogen functional groups attached to an aromatic ring is 1. The number of aromatic nitrogens is 2. The van der Waals surface area contributed by atoms with E-state index in [1.165, 1.54) is 11.9 Å². The number of ether oxygens (including phenoxy) is 1. The summed E-state index contributed by atoms with van der Waals surface area (Å²) in [6.07, 6.45) is 2.46. The van der Waals surface area contributed by atoms with Crippen molar-refractivity contribution in [2.24, 2.45) is 0 Å². The molecule has 0 unspecified atom stereocenters. The van der Waals surface area contributed by atoms with Crippen LogP contribution in [-0.4, -0.2) is 9.97 Å². The Kier molecular flexibility index (Phi) is 3.21. The summed E-state index contributed by atoms with van der Waals surface area (Å²) in [5.74, 6) is 1.29. The van der Waals surface area contributed by atoms with Gasteiger partial charge in [0.15, 0.2) is 0 Å². The van der Waals surface area contributed by atoms with Gasteiger partial charge in [-0.2, -0.15) is 0 Å². The topological polar surface area (TPSA) is 61.0 Å². The molecule has 0 aliphatic heterocycles. The van der Waals surface area contributed by atoms with Crippen molar-refractivity contribution in [2.45, 2.75) is 13.3 Å². The van der Waals surface area contributed by atoms with Gasteiger partial charge in [0.25, 0.3) is 0 Å². The molecular formula is C16H15N3O. The van der Waals surface area contributed by atoms with E-state index < -0.39 is 0 Å². The normalized spacial score (nSPS) is 10.7. The van der Waals surface area contributed by atoms with Crippen LogP contribution < -0.4 is 10.5 Å². The molecule has 0 fully saturated rings. The van der Waals surface area contributed by atoms with Crippen LogP contribution in [0.3, 0.4) is 0 Å². The minimum atomic E-state index is 0.524. The molecule has 2 aromatic carbocycles. The first-order valence-electron chi connectivity index (χ1n) is 6.53. The molecule has 0 atom stereocenters. The Morgan fingerprint density at radius 1 is 1.10 bits per heavy atom. The highest BCUT2D eigenvalue weighted by Crippen LogP contribution is 2.28. The Hall–Kier alpha value is -2.62. The zero-order valence-electron chi connectivity index (χ0n) is 11.2. The van der Waals surface area contributed by atoms with Crippen molar-refractivity contribution >= 4 is 16.6 Å². The van der Waals surface area contributed by atoms with Crippen molar-refractivity contribution in [1.29, 1.82) is 0 Å². The second-order valence-electron chi connectivity index (χ2n) is 4.56. The molecule has 20 heavy (non-hydrogen) atoms. The zero-order chi connectivity index (χ0) is 13.9. The first-order valence-corrected chi connectivity index (χ1v) is 6.53. The van der Waals surface area contributed by atoms with Crippen molar-refractivity contribution in [1.82, 2.24) is 9.97 Å². The number of hydrogen-bond acceptors (Lipinski definition) is 4. The summed E-state index contributed by atoms with van der Waals surface area (Å²) in [4.78, 5) is 8.42. The summed E-state index contributed by atoms with van der Waals surface area (Å²) in [5, 5.41) is 0.814. The number of nitrogens with zero attached hydrogens (tertiary/aromatic N) is 2. The lowest BCUT2D eigenvalue weighted by atomic mass is 10.2. The van der Waals surface area contributed by atoms with E-state index in [2.05, 4.69) is 23.0 Å². The van der Waals surface area contributed by atoms with Gasteiger partial charge in [-0.1, -0.05) is 19.1 Å². The molecule has 2 N–H and O–H groups in total. The van der Waals surface area contributed by atoms with Crippen LogP contribution in [0.4, 0.5) is 5.69 Å². The fourth-order valence-corrected chi connectivity index (χ4v) is 2.07. The van der Waals surface area contributed by atoms with Crippen molar-refractivity contribution in [3.63, 3.8) is 0 Å². The lowest BCUT2D eigenvalue weighted by molar-refractivity contribution is 0.467. The molecule has 3 aromatic rings. The molecule has 0 radical (unpaired) electrons. The predicted molar refractivity (Wildman–Crippen MR) is 79.8 cm³/mol. The van der Waals surface area contributed by atoms with Gasteiger partial charge < -0.3 is 10.5 Å². The van der Waals surface area contributed by atoms with Crippen LogP contribution in [0.15, 0.2) is 48.8 Å². The largest absolute Gasteiger partial charge is 0.438 e. The Morgan fingerprint density at radius 2 is 2.00 bits per heavy atom. The van der Waals surface area contributed by atoms with Gasteiger partial charge in [0, 0.05) is 5.69 Å². The van der Waals surface area contributed by atoms with Gasteiger partial charge in [-0.05, 0) is 42.3 Å². The fraction of sp³-hybridized carbons (Fsp3) is 0.125. The van der Waals surface area contributed by atoms with Crippen LogP contribution in [0, 0.1) is 0 Å². The maximum atomic E-state index is 5.88. The zero-order valence-corrected chi connectivity index (χ0v) is 11.2. The average molecular weight is 265 g/mol. The van der Waals surface area contributed by atoms with E-state index in [4.69, 9.17) is 10.5 Å². The third-order valence-electron chi connectivity index (χ3n) is 3.14. The Bertz CT molecular complexity index is 756. The summed E-state index contributed by atoms with van der Waals surface area (Å²) in [6.45, 7) is 2.11. The lowest BCUT2D eigenvalue weighted by Gasteiger charge is -2.08. The van der Waals surface area contributed by atoms with Crippen molar-refractivity contribution < 1.29 is 4.74 Å². The Morgan fingerprint density at radius 3 is 2.85 bits per heavy atom. The van der Waals surface area contributed by atoms with Crippen molar-refractivity contribution in [3.05, 3.63) is 54.4 Å². The molecular weight excluding hydrogens is 250 g/mol. The molecule has 0 spiro atoms. The minimum absolute atomic E-state index is 0.524. The van der Waals surface area contributed by atoms with Crippen LogP contribution in [-0.2, 0) is 6.42 Å². The summed E-state index contributed by atoms with van der Waals surface area (Å²) in [5.41, 5.74) is 8.53. The van der Waals surface area contributed by atoms with E-state index in [-0.39, 0.29) is 0 Å². The van der Waals surface area contributed by atoms with Gasteiger partial charge in [-0.15, -0.1) is 0 Å². The molecule has 3 rings (SSSR count). The van der Waals surface area contributed by atoms with E-state index in [9.17, 15) is 0 Å². The standard InChI is InChI=1S/C16H15N3O/c1-2-11-4-3-5-13(8-11)20-16-14-9-12(17)6-7-15(14)18-10-19-16/h3-10H,2,17H2,1H3. The molecule has 0 saturated heterocycles. The SMILES string of the molecule is CCc1cccc(Oc2ncnc3ccc(N)cc23)c1. The number of fused-ring (bicyclic) bond motifs is 1. The monoisotopic (exact) mass is 265 g/mol. The maximum Gasteiger partial charge on any atom is 0.230 e.